The molecule has 0 bridgehead atoms. The van der Waals surface area contributed by atoms with Gasteiger partial charge >= 0.3 is 17.1 Å². The number of rotatable bonds is 13. The van der Waals surface area contributed by atoms with Gasteiger partial charge < -0.3 is 22.4 Å². The molecule has 0 aliphatic carbocycles. The Hall–Kier alpha value is -0.616. The van der Waals surface area contributed by atoms with Crippen molar-refractivity contribution in [2.24, 2.45) is 0 Å². The highest BCUT2D eigenvalue weighted by atomic mass is 28.5. The van der Waals surface area contributed by atoms with Crippen LogP contribution in [-0.2, 0) is 29.0 Å². The number of ether oxygens (including phenoxy) is 2. The monoisotopic (exact) mass is 373 g/mol. The SMILES string of the molecule is CCOCCOCCO[Si](C)(C)O[Si](C)(C)OCc1cccnc1. The summed E-state index contributed by atoms with van der Waals surface area (Å²) in [6, 6.07) is 3.90. The Kier molecular flexibility index (Phi) is 9.90. The molecule has 138 valence electrons. The van der Waals surface area contributed by atoms with Gasteiger partial charge in [0.1, 0.15) is 0 Å². The second-order valence-corrected chi connectivity index (χ2v) is 13.2. The van der Waals surface area contributed by atoms with Gasteiger partial charge in [-0.25, -0.2) is 0 Å². The van der Waals surface area contributed by atoms with Crippen molar-refractivity contribution in [1.82, 2.24) is 4.98 Å². The summed E-state index contributed by atoms with van der Waals surface area (Å²) in [5.41, 5.74) is 1.05. The molecule has 1 aromatic rings. The topological polar surface area (TPSA) is 59.0 Å². The molecule has 0 aromatic carbocycles. The zero-order valence-corrected chi connectivity index (χ0v) is 17.5. The fourth-order valence-electron chi connectivity index (χ4n) is 2.10. The zero-order chi connectivity index (χ0) is 17.9. The molecule has 0 spiro atoms. The first kappa shape index (κ1) is 21.4. The van der Waals surface area contributed by atoms with Gasteiger partial charge in [0.2, 0.25) is 0 Å². The molecule has 0 unspecified atom stereocenters. The van der Waals surface area contributed by atoms with Crippen LogP contribution >= 0.6 is 0 Å². The molecule has 0 saturated heterocycles. The molecular weight excluding hydrogens is 342 g/mol. The summed E-state index contributed by atoms with van der Waals surface area (Å²) in [6.07, 6.45) is 3.56. The predicted molar refractivity (Wildman–Crippen MR) is 98.3 cm³/mol. The van der Waals surface area contributed by atoms with Crippen molar-refractivity contribution in [3.8, 4) is 0 Å². The summed E-state index contributed by atoms with van der Waals surface area (Å²) >= 11 is 0. The standard InChI is InChI=1S/C16H31NO5Si2/c1-6-18-10-11-19-12-13-20-23(2,3)22-24(4,5)21-15-16-8-7-9-17-14-16/h7-9,14H,6,10-13,15H2,1-5H3. The molecule has 0 fully saturated rings. The first-order chi connectivity index (χ1) is 11.3. The second-order valence-electron chi connectivity index (χ2n) is 6.21. The number of hydrogen-bond acceptors (Lipinski definition) is 6. The molecule has 0 saturated carbocycles. The van der Waals surface area contributed by atoms with Crippen molar-refractivity contribution < 1.29 is 22.4 Å². The Labute approximate surface area is 147 Å². The molecule has 0 aliphatic heterocycles. The van der Waals surface area contributed by atoms with Crippen LogP contribution in [0.1, 0.15) is 12.5 Å². The van der Waals surface area contributed by atoms with Gasteiger partial charge in [-0.05, 0) is 44.7 Å². The molecule has 24 heavy (non-hydrogen) atoms. The van der Waals surface area contributed by atoms with E-state index in [2.05, 4.69) is 4.98 Å². The number of pyridine rings is 1. The zero-order valence-electron chi connectivity index (χ0n) is 15.5. The van der Waals surface area contributed by atoms with Gasteiger partial charge in [0, 0.05) is 19.0 Å². The molecule has 0 amide bonds. The highest BCUT2D eigenvalue weighted by Crippen LogP contribution is 2.18. The lowest BCUT2D eigenvalue weighted by molar-refractivity contribution is 0.0361. The molecule has 8 heteroatoms. The maximum absolute atomic E-state index is 6.22. The van der Waals surface area contributed by atoms with Crippen molar-refractivity contribution in [2.45, 2.75) is 39.7 Å². The Balaban J connectivity index is 2.25. The quantitative estimate of drug-likeness (QED) is 0.391. The van der Waals surface area contributed by atoms with Gasteiger partial charge in [0.05, 0.1) is 33.0 Å². The van der Waals surface area contributed by atoms with Gasteiger partial charge in [0.25, 0.3) is 0 Å². The van der Waals surface area contributed by atoms with Crippen molar-refractivity contribution in [2.75, 3.05) is 33.0 Å². The Bertz CT molecular complexity index is 445. The van der Waals surface area contributed by atoms with E-state index < -0.39 is 17.1 Å². The summed E-state index contributed by atoms with van der Waals surface area (Å²) in [6.45, 7) is 13.6. The van der Waals surface area contributed by atoms with Gasteiger partial charge in [-0.15, -0.1) is 0 Å². The maximum atomic E-state index is 6.22. The summed E-state index contributed by atoms with van der Waals surface area (Å²) in [5, 5.41) is 0. The van der Waals surface area contributed by atoms with Crippen LogP contribution < -0.4 is 0 Å². The molecule has 0 aliphatic rings. The van der Waals surface area contributed by atoms with Crippen LogP contribution in [0.2, 0.25) is 26.2 Å². The third-order valence-corrected chi connectivity index (χ3v) is 8.73. The van der Waals surface area contributed by atoms with Crippen LogP contribution in [0.5, 0.6) is 0 Å². The number of nitrogens with zero attached hydrogens (tertiary/aromatic N) is 1. The Morgan fingerprint density at radius 3 is 2.25 bits per heavy atom. The van der Waals surface area contributed by atoms with Crippen LogP contribution in [0.25, 0.3) is 0 Å². The Morgan fingerprint density at radius 2 is 1.58 bits per heavy atom. The van der Waals surface area contributed by atoms with E-state index in [1.54, 1.807) is 6.20 Å². The third kappa shape index (κ3) is 10.3. The lowest BCUT2D eigenvalue weighted by Gasteiger charge is -2.32. The minimum atomic E-state index is -2.26. The van der Waals surface area contributed by atoms with Gasteiger partial charge in [0.15, 0.2) is 0 Å². The van der Waals surface area contributed by atoms with E-state index in [0.29, 0.717) is 39.6 Å². The fourth-order valence-corrected chi connectivity index (χ4v) is 8.40. The van der Waals surface area contributed by atoms with Crippen molar-refractivity contribution in [3.05, 3.63) is 30.1 Å². The summed E-state index contributed by atoms with van der Waals surface area (Å²) in [4.78, 5) is 4.09. The predicted octanol–water partition coefficient (Wildman–Crippen LogP) is 3.09. The molecule has 1 aromatic heterocycles. The van der Waals surface area contributed by atoms with Crippen molar-refractivity contribution >= 4 is 17.1 Å². The van der Waals surface area contributed by atoms with E-state index in [1.165, 1.54) is 0 Å². The van der Waals surface area contributed by atoms with Crippen LogP contribution in [0, 0.1) is 0 Å². The summed E-state index contributed by atoms with van der Waals surface area (Å²) < 4.78 is 28.8. The highest BCUT2D eigenvalue weighted by molar-refractivity contribution is 6.78. The second kappa shape index (κ2) is 11.1. The third-order valence-electron chi connectivity index (χ3n) is 3.05. The molecule has 0 atom stereocenters. The van der Waals surface area contributed by atoms with E-state index in [4.69, 9.17) is 22.4 Å². The van der Waals surface area contributed by atoms with Crippen LogP contribution in [-0.4, -0.2) is 55.1 Å². The normalized spacial score (nSPS) is 12.5. The lowest BCUT2D eigenvalue weighted by Crippen LogP contribution is -2.48. The first-order valence-electron chi connectivity index (χ1n) is 8.37. The van der Waals surface area contributed by atoms with Crippen LogP contribution in [0.15, 0.2) is 24.5 Å². The average Bonchev–Trinajstić information content (AvgIpc) is 2.52. The molecule has 0 N–H and O–H groups in total. The minimum Gasteiger partial charge on any atom is -0.415 e. The van der Waals surface area contributed by atoms with Gasteiger partial charge in [-0.2, -0.15) is 0 Å². The molecule has 0 radical (unpaired) electrons. The smallest absolute Gasteiger partial charge is 0.323 e. The van der Waals surface area contributed by atoms with E-state index in [9.17, 15) is 0 Å². The fraction of sp³-hybridized carbons (Fsp3) is 0.688. The number of hydrogen-bond donors (Lipinski definition) is 0. The molecule has 6 nitrogen and oxygen atoms in total. The average molecular weight is 374 g/mol. The van der Waals surface area contributed by atoms with E-state index in [1.807, 2.05) is 51.4 Å². The van der Waals surface area contributed by atoms with Crippen LogP contribution in [0.4, 0.5) is 0 Å². The first-order valence-corrected chi connectivity index (χ1v) is 14.0. The molecular formula is C16H31NO5Si2. The van der Waals surface area contributed by atoms with Gasteiger partial charge in [-0.1, -0.05) is 6.07 Å². The molecule has 1 rings (SSSR count). The summed E-state index contributed by atoms with van der Waals surface area (Å²) in [7, 11) is -4.50. The Morgan fingerprint density at radius 1 is 0.917 bits per heavy atom. The highest BCUT2D eigenvalue weighted by Gasteiger charge is 2.36. The molecule has 1 heterocycles. The van der Waals surface area contributed by atoms with E-state index in [0.717, 1.165) is 5.56 Å². The van der Waals surface area contributed by atoms with E-state index >= 15 is 0 Å². The van der Waals surface area contributed by atoms with Gasteiger partial charge in [-0.3, -0.25) is 4.98 Å². The van der Waals surface area contributed by atoms with Crippen molar-refractivity contribution in [1.29, 1.82) is 0 Å². The summed E-state index contributed by atoms with van der Waals surface area (Å²) in [5.74, 6) is 0. The van der Waals surface area contributed by atoms with E-state index in [-0.39, 0.29) is 0 Å². The van der Waals surface area contributed by atoms with Crippen molar-refractivity contribution in [3.63, 3.8) is 0 Å². The largest absolute Gasteiger partial charge is 0.415 e. The maximum Gasteiger partial charge on any atom is 0.323 e. The minimum absolute atomic E-state index is 0.512. The lowest BCUT2D eigenvalue weighted by atomic mass is 10.3. The van der Waals surface area contributed by atoms with Crippen LogP contribution in [0.3, 0.4) is 0 Å². The number of aromatic nitrogens is 1.